The molecule has 0 aromatic carbocycles. The molecule has 5 nitrogen and oxygen atoms in total. The number of carbonyl (C=O) groups is 1. The Balaban J connectivity index is 2.09. The second-order valence-electron chi connectivity index (χ2n) is 3.40. The van der Waals surface area contributed by atoms with Crippen LogP contribution in [0, 0.1) is 10.3 Å². The highest BCUT2D eigenvalue weighted by Crippen LogP contribution is 2.73. The van der Waals surface area contributed by atoms with Crippen molar-refractivity contribution in [3.8, 4) is 0 Å². The molecule has 3 N–H and O–H groups in total. The molecule has 0 aromatic heterocycles. The van der Waals surface area contributed by atoms with E-state index in [2.05, 4.69) is 10.5 Å². The Kier molecular flexibility index (Phi) is 0.922. The summed E-state index contributed by atoms with van der Waals surface area (Å²) in [6.07, 6.45) is 2.64. The van der Waals surface area contributed by atoms with Crippen LogP contribution >= 0.6 is 0 Å². The van der Waals surface area contributed by atoms with Crippen LogP contribution in [-0.4, -0.2) is 11.7 Å². The van der Waals surface area contributed by atoms with Crippen LogP contribution in [0.5, 0.6) is 0 Å². The molecule has 1 atom stereocenters. The monoisotopic (exact) mass is 155 g/mol. The molecule has 2 rings (SSSR count). The molecule has 1 spiro atoms. The molecule has 0 bridgehead atoms. The first-order valence-corrected chi connectivity index (χ1v) is 3.56. The molecule has 0 radical (unpaired) electrons. The topological polar surface area (TPSA) is 84.6 Å². The minimum absolute atomic E-state index is 0.00375. The van der Waals surface area contributed by atoms with Crippen molar-refractivity contribution in [2.45, 2.75) is 24.9 Å². The molecule has 2 amide bonds. The van der Waals surface area contributed by atoms with E-state index in [0.717, 1.165) is 12.8 Å². The predicted molar refractivity (Wildman–Crippen MR) is 37.5 cm³/mol. The van der Waals surface area contributed by atoms with Gasteiger partial charge < -0.3 is 11.1 Å². The first-order valence-electron chi connectivity index (χ1n) is 3.56. The van der Waals surface area contributed by atoms with Gasteiger partial charge in [-0.2, -0.15) is 0 Å². The lowest BCUT2D eigenvalue weighted by molar-refractivity contribution is 0.242. The van der Waals surface area contributed by atoms with Crippen LogP contribution in [0.3, 0.4) is 0 Å². The Hall–Kier alpha value is -1.13. The van der Waals surface area contributed by atoms with E-state index in [1.54, 1.807) is 0 Å². The number of nitrogens with one attached hydrogen (secondary N) is 1. The Morgan fingerprint density at radius 3 is 2.45 bits per heavy atom. The van der Waals surface area contributed by atoms with Crippen LogP contribution in [0.4, 0.5) is 4.79 Å². The molecule has 11 heavy (non-hydrogen) atoms. The number of amides is 2. The second kappa shape index (κ2) is 1.54. The first kappa shape index (κ1) is 6.57. The summed E-state index contributed by atoms with van der Waals surface area (Å²) in [7, 11) is 0. The summed E-state index contributed by atoms with van der Waals surface area (Å²) < 4.78 is 0. The molecule has 2 aliphatic carbocycles. The van der Waals surface area contributed by atoms with Crippen molar-refractivity contribution in [1.82, 2.24) is 5.32 Å². The second-order valence-corrected chi connectivity index (χ2v) is 3.40. The molecule has 5 heteroatoms. The van der Waals surface area contributed by atoms with E-state index in [9.17, 15) is 9.70 Å². The minimum Gasteiger partial charge on any atom is -0.352 e. The van der Waals surface area contributed by atoms with E-state index in [-0.39, 0.29) is 5.41 Å². The highest BCUT2D eigenvalue weighted by Gasteiger charge is 2.77. The number of urea groups is 1. The Labute approximate surface area is 63.3 Å². The molecule has 0 aliphatic heterocycles. The summed E-state index contributed by atoms with van der Waals surface area (Å²) in [6.45, 7) is 0. The lowest BCUT2D eigenvalue weighted by Gasteiger charge is -2.06. The molecule has 0 heterocycles. The zero-order valence-electron chi connectivity index (χ0n) is 5.96. The van der Waals surface area contributed by atoms with Crippen molar-refractivity contribution >= 4 is 6.03 Å². The molecular formula is C6H9N3O2. The molecule has 60 valence electrons. The van der Waals surface area contributed by atoms with Gasteiger partial charge in [0.05, 0.1) is 0 Å². The molecule has 2 aliphatic rings. The lowest BCUT2D eigenvalue weighted by atomic mass is 10.3. The van der Waals surface area contributed by atoms with Gasteiger partial charge >= 0.3 is 6.03 Å². The zero-order chi connectivity index (χ0) is 8.11. The van der Waals surface area contributed by atoms with Gasteiger partial charge in [-0.3, -0.25) is 0 Å². The van der Waals surface area contributed by atoms with Crippen LogP contribution in [0.25, 0.3) is 0 Å². The standard InChI is InChI=1S/C6H9N3O2/c7-4(10)8-6(9-11)3-5(6)1-2-5/h1-3H2,(H3,7,8,10). The summed E-state index contributed by atoms with van der Waals surface area (Å²) in [6, 6.07) is -0.659. The third-order valence-electron chi connectivity index (χ3n) is 2.69. The smallest absolute Gasteiger partial charge is 0.314 e. The van der Waals surface area contributed by atoms with Gasteiger partial charge in [0.1, 0.15) is 0 Å². The van der Waals surface area contributed by atoms with E-state index in [1.165, 1.54) is 0 Å². The number of nitrogens with two attached hydrogens (primary N) is 1. The van der Waals surface area contributed by atoms with E-state index in [1.807, 2.05) is 0 Å². The molecule has 0 aromatic rings. The lowest BCUT2D eigenvalue weighted by Crippen LogP contribution is -2.40. The summed E-state index contributed by atoms with van der Waals surface area (Å²) in [5.41, 5.74) is 4.06. The normalized spacial score (nSPS) is 36.4. The number of nitrogens with zero attached hydrogens (tertiary/aromatic N) is 1. The van der Waals surface area contributed by atoms with Gasteiger partial charge in [0.2, 0.25) is 0 Å². The molecule has 2 saturated carbocycles. The third-order valence-corrected chi connectivity index (χ3v) is 2.69. The summed E-state index contributed by atoms with van der Waals surface area (Å²) in [5, 5.41) is 5.32. The van der Waals surface area contributed by atoms with Gasteiger partial charge in [-0.05, 0) is 18.0 Å². The SMILES string of the molecule is NC(=O)NC1(N=O)CC12CC2. The summed E-state index contributed by atoms with van der Waals surface area (Å²) in [4.78, 5) is 20.8. The van der Waals surface area contributed by atoms with E-state index >= 15 is 0 Å². The summed E-state index contributed by atoms with van der Waals surface area (Å²) >= 11 is 0. The Morgan fingerprint density at radius 1 is 1.55 bits per heavy atom. The fourth-order valence-electron chi connectivity index (χ4n) is 1.72. The summed E-state index contributed by atoms with van der Waals surface area (Å²) in [5.74, 6) is 0. The van der Waals surface area contributed by atoms with Crippen LogP contribution < -0.4 is 11.1 Å². The van der Waals surface area contributed by atoms with Gasteiger partial charge in [-0.1, -0.05) is 0 Å². The van der Waals surface area contributed by atoms with Crippen molar-refractivity contribution in [2.75, 3.05) is 0 Å². The highest BCUT2D eigenvalue weighted by atomic mass is 16.3. The number of rotatable bonds is 2. The van der Waals surface area contributed by atoms with E-state index < -0.39 is 11.7 Å². The molecule has 0 saturated heterocycles. The van der Waals surface area contributed by atoms with Crippen LogP contribution in [0.15, 0.2) is 5.18 Å². The van der Waals surface area contributed by atoms with Crippen LogP contribution in [-0.2, 0) is 0 Å². The zero-order valence-corrected chi connectivity index (χ0v) is 5.96. The quantitative estimate of drug-likeness (QED) is 0.562. The van der Waals surface area contributed by atoms with Crippen molar-refractivity contribution in [2.24, 2.45) is 16.3 Å². The van der Waals surface area contributed by atoms with Crippen LogP contribution in [0.2, 0.25) is 0 Å². The van der Waals surface area contributed by atoms with Crippen molar-refractivity contribution < 1.29 is 4.79 Å². The fraction of sp³-hybridized carbons (Fsp3) is 0.833. The van der Waals surface area contributed by atoms with Gasteiger partial charge in [0.25, 0.3) is 0 Å². The molecule has 1 unspecified atom stereocenters. The number of nitroso groups, excluding NO2 is 1. The number of primary amides is 1. The van der Waals surface area contributed by atoms with Crippen molar-refractivity contribution in [3.05, 3.63) is 4.91 Å². The predicted octanol–water partition coefficient (Wildman–Crippen LogP) is 0.301. The number of carbonyl (C=O) groups excluding carboxylic acids is 1. The Bertz CT molecular complexity index is 236. The van der Waals surface area contributed by atoms with Crippen molar-refractivity contribution in [3.63, 3.8) is 0 Å². The fourth-order valence-corrected chi connectivity index (χ4v) is 1.72. The number of hydrogen-bond acceptors (Lipinski definition) is 3. The largest absolute Gasteiger partial charge is 0.352 e. The maximum absolute atomic E-state index is 10.4. The number of hydrogen-bond donors (Lipinski definition) is 2. The molecule has 2 fully saturated rings. The first-order chi connectivity index (χ1) is 5.14. The maximum atomic E-state index is 10.4. The average Bonchev–Trinajstić information content (AvgIpc) is 2.77. The van der Waals surface area contributed by atoms with Gasteiger partial charge in [-0.15, -0.1) is 4.91 Å². The molecular weight excluding hydrogens is 146 g/mol. The Morgan fingerprint density at radius 2 is 2.18 bits per heavy atom. The van der Waals surface area contributed by atoms with E-state index in [4.69, 9.17) is 5.73 Å². The maximum Gasteiger partial charge on any atom is 0.314 e. The average molecular weight is 155 g/mol. The van der Waals surface area contributed by atoms with E-state index in [0.29, 0.717) is 6.42 Å². The van der Waals surface area contributed by atoms with Crippen molar-refractivity contribution in [1.29, 1.82) is 0 Å². The highest BCUT2D eigenvalue weighted by molar-refractivity contribution is 5.73. The van der Waals surface area contributed by atoms with Gasteiger partial charge in [0, 0.05) is 11.8 Å². The van der Waals surface area contributed by atoms with Crippen LogP contribution in [0.1, 0.15) is 19.3 Å². The minimum atomic E-state index is -0.834. The van der Waals surface area contributed by atoms with Gasteiger partial charge in [0.15, 0.2) is 5.66 Å². The van der Waals surface area contributed by atoms with Gasteiger partial charge in [-0.25, -0.2) is 4.79 Å². The third kappa shape index (κ3) is 0.677.